The molecular formula is C14H11Br2FO. The lowest BCUT2D eigenvalue weighted by atomic mass is 10.2. The van der Waals surface area contributed by atoms with Crippen LogP contribution in [0.5, 0.6) is 5.75 Å². The van der Waals surface area contributed by atoms with Gasteiger partial charge in [0, 0.05) is 8.95 Å². The van der Waals surface area contributed by atoms with Crippen LogP contribution in [0.25, 0.3) is 0 Å². The van der Waals surface area contributed by atoms with Crippen molar-refractivity contribution in [3.8, 4) is 5.75 Å². The highest BCUT2D eigenvalue weighted by molar-refractivity contribution is 9.10. The fraction of sp³-hybridized carbons (Fsp3) is 0.143. The van der Waals surface area contributed by atoms with Crippen molar-refractivity contribution in [2.45, 2.75) is 13.5 Å². The molecule has 18 heavy (non-hydrogen) atoms. The Hall–Kier alpha value is -0.870. The van der Waals surface area contributed by atoms with E-state index in [0.29, 0.717) is 11.1 Å². The Morgan fingerprint density at radius 3 is 2.56 bits per heavy atom. The first-order chi connectivity index (χ1) is 8.54. The van der Waals surface area contributed by atoms with Gasteiger partial charge < -0.3 is 4.74 Å². The van der Waals surface area contributed by atoms with Crippen LogP contribution in [0.1, 0.15) is 11.1 Å². The lowest BCUT2D eigenvalue weighted by molar-refractivity contribution is 0.305. The molecule has 0 heterocycles. The summed E-state index contributed by atoms with van der Waals surface area (Å²) < 4.78 is 20.6. The number of rotatable bonds is 3. The topological polar surface area (TPSA) is 9.23 Å². The van der Waals surface area contributed by atoms with Crippen LogP contribution < -0.4 is 4.74 Å². The smallest absolute Gasteiger partial charge is 0.124 e. The molecule has 0 unspecified atom stereocenters. The normalized spacial score (nSPS) is 10.4. The van der Waals surface area contributed by atoms with Gasteiger partial charge in [-0.3, -0.25) is 0 Å². The number of ether oxygens (including phenoxy) is 1. The van der Waals surface area contributed by atoms with E-state index < -0.39 is 0 Å². The maximum absolute atomic E-state index is 13.2. The highest BCUT2D eigenvalue weighted by Crippen LogP contribution is 2.23. The average Bonchev–Trinajstić information content (AvgIpc) is 2.29. The van der Waals surface area contributed by atoms with E-state index in [1.54, 1.807) is 0 Å². The molecular weight excluding hydrogens is 363 g/mol. The van der Waals surface area contributed by atoms with E-state index >= 15 is 0 Å². The van der Waals surface area contributed by atoms with Crippen molar-refractivity contribution in [3.63, 3.8) is 0 Å². The number of halogens is 3. The first-order valence-electron chi connectivity index (χ1n) is 5.38. The van der Waals surface area contributed by atoms with Gasteiger partial charge in [-0.15, -0.1) is 0 Å². The molecule has 0 aliphatic heterocycles. The van der Waals surface area contributed by atoms with E-state index in [4.69, 9.17) is 4.74 Å². The maximum Gasteiger partial charge on any atom is 0.124 e. The van der Waals surface area contributed by atoms with E-state index in [-0.39, 0.29) is 5.82 Å². The molecule has 1 nitrogen and oxygen atoms in total. The molecule has 0 bridgehead atoms. The van der Waals surface area contributed by atoms with Gasteiger partial charge in [-0.05, 0) is 54.4 Å². The molecule has 2 aromatic carbocycles. The highest BCUT2D eigenvalue weighted by atomic mass is 79.9. The lowest BCUT2D eigenvalue weighted by Gasteiger charge is -2.08. The third-order valence-electron chi connectivity index (χ3n) is 2.46. The third kappa shape index (κ3) is 3.56. The van der Waals surface area contributed by atoms with Gasteiger partial charge >= 0.3 is 0 Å². The molecule has 0 N–H and O–H groups in total. The Balaban J connectivity index is 2.08. The highest BCUT2D eigenvalue weighted by Gasteiger charge is 2.02. The van der Waals surface area contributed by atoms with Crippen LogP contribution in [-0.2, 0) is 6.61 Å². The van der Waals surface area contributed by atoms with Crippen molar-refractivity contribution in [1.82, 2.24) is 0 Å². The van der Waals surface area contributed by atoms with Crippen LogP contribution in [0.4, 0.5) is 4.39 Å². The van der Waals surface area contributed by atoms with Crippen LogP contribution in [0.2, 0.25) is 0 Å². The zero-order valence-corrected chi connectivity index (χ0v) is 12.9. The molecule has 94 valence electrons. The van der Waals surface area contributed by atoms with Gasteiger partial charge in [-0.25, -0.2) is 4.39 Å². The second-order valence-corrected chi connectivity index (χ2v) is 5.75. The Morgan fingerprint density at radius 1 is 1.11 bits per heavy atom. The molecule has 0 spiro atoms. The fourth-order valence-electron chi connectivity index (χ4n) is 1.57. The second kappa shape index (κ2) is 5.85. The van der Waals surface area contributed by atoms with E-state index in [1.807, 2.05) is 31.2 Å². The summed E-state index contributed by atoms with van der Waals surface area (Å²) in [6.07, 6.45) is 0. The molecule has 2 aromatic rings. The summed E-state index contributed by atoms with van der Waals surface area (Å²) in [6, 6.07) is 10.5. The molecule has 0 amide bonds. The van der Waals surface area contributed by atoms with Crippen LogP contribution in [-0.4, -0.2) is 0 Å². The standard InChI is InChI=1S/C14H11Br2FO/c1-9-4-13(2-3-14(9)16)18-8-10-5-11(15)7-12(17)6-10/h2-7H,8H2,1H3. The van der Waals surface area contributed by atoms with Gasteiger partial charge in [-0.1, -0.05) is 31.9 Å². The van der Waals surface area contributed by atoms with Crippen molar-refractivity contribution in [3.05, 3.63) is 62.3 Å². The Morgan fingerprint density at radius 2 is 1.89 bits per heavy atom. The number of hydrogen-bond donors (Lipinski definition) is 0. The van der Waals surface area contributed by atoms with Gasteiger partial charge in [0.2, 0.25) is 0 Å². The predicted molar refractivity (Wildman–Crippen MR) is 77.3 cm³/mol. The molecule has 0 radical (unpaired) electrons. The summed E-state index contributed by atoms with van der Waals surface area (Å²) in [5.41, 5.74) is 1.90. The predicted octanol–water partition coefficient (Wildman–Crippen LogP) is 5.24. The van der Waals surface area contributed by atoms with E-state index in [2.05, 4.69) is 31.9 Å². The number of aryl methyl sites for hydroxylation is 1. The zero-order chi connectivity index (χ0) is 13.1. The summed E-state index contributed by atoms with van der Waals surface area (Å²) in [5.74, 6) is 0.506. The first-order valence-corrected chi connectivity index (χ1v) is 6.97. The van der Waals surface area contributed by atoms with Crippen LogP contribution in [0.3, 0.4) is 0 Å². The van der Waals surface area contributed by atoms with Gasteiger partial charge in [0.15, 0.2) is 0 Å². The summed E-state index contributed by atoms with van der Waals surface area (Å²) in [5, 5.41) is 0. The molecule has 0 saturated heterocycles. The van der Waals surface area contributed by atoms with Crippen LogP contribution >= 0.6 is 31.9 Å². The zero-order valence-electron chi connectivity index (χ0n) is 9.71. The lowest BCUT2D eigenvalue weighted by Crippen LogP contribution is -1.96. The van der Waals surface area contributed by atoms with Crippen molar-refractivity contribution in [1.29, 1.82) is 0 Å². The van der Waals surface area contributed by atoms with Crippen LogP contribution in [0.15, 0.2) is 45.3 Å². The second-order valence-electron chi connectivity index (χ2n) is 3.98. The largest absolute Gasteiger partial charge is 0.489 e. The fourth-order valence-corrected chi connectivity index (χ4v) is 2.33. The van der Waals surface area contributed by atoms with Gasteiger partial charge in [-0.2, -0.15) is 0 Å². The number of benzene rings is 2. The maximum atomic E-state index is 13.2. The summed E-state index contributed by atoms with van der Waals surface area (Å²) in [4.78, 5) is 0. The van der Waals surface area contributed by atoms with E-state index in [0.717, 1.165) is 21.3 Å². The van der Waals surface area contributed by atoms with E-state index in [9.17, 15) is 4.39 Å². The van der Waals surface area contributed by atoms with Crippen molar-refractivity contribution in [2.75, 3.05) is 0 Å². The minimum atomic E-state index is -0.269. The first kappa shape index (κ1) is 13.6. The molecule has 0 aliphatic carbocycles. The summed E-state index contributed by atoms with van der Waals surface area (Å²) in [7, 11) is 0. The molecule has 0 atom stereocenters. The molecule has 2 rings (SSSR count). The minimum absolute atomic E-state index is 0.269. The van der Waals surface area contributed by atoms with Gasteiger partial charge in [0.05, 0.1) is 0 Å². The summed E-state index contributed by atoms with van der Waals surface area (Å²) >= 11 is 6.69. The van der Waals surface area contributed by atoms with Crippen molar-refractivity contribution >= 4 is 31.9 Å². The molecule has 0 aliphatic rings. The van der Waals surface area contributed by atoms with Crippen molar-refractivity contribution < 1.29 is 9.13 Å². The Labute approximate surface area is 122 Å². The average molecular weight is 374 g/mol. The minimum Gasteiger partial charge on any atom is -0.489 e. The van der Waals surface area contributed by atoms with Gasteiger partial charge in [0.25, 0.3) is 0 Å². The van der Waals surface area contributed by atoms with Crippen LogP contribution in [0, 0.1) is 12.7 Å². The Bertz CT molecular complexity index is 549. The third-order valence-corrected chi connectivity index (χ3v) is 3.80. The molecule has 4 heteroatoms. The SMILES string of the molecule is Cc1cc(OCc2cc(F)cc(Br)c2)ccc1Br. The van der Waals surface area contributed by atoms with Crippen molar-refractivity contribution in [2.24, 2.45) is 0 Å². The monoisotopic (exact) mass is 372 g/mol. The quantitative estimate of drug-likeness (QED) is 0.714. The van der Waals surface area contributed by atoms with Gasteiger partial charge in [0.1, 0.15) is 18.2 Å². The van der Waals surface area contributed by atoms with E-state index in [1.165, 1.54) is 12.1 Å². The molecule has 0 aromatic heterocycles. The number of hydrogen-bond acceptors (Lipinski definition) is 1. The summed E-state index contributed by atoms with van der Waals surface area (Å²) in [6.45, 7) is 2.34. The Kier molecular flexibility index (Phi) is 4.40. The molecule has 0 saturated carbocycles. The molecule has 0 fully saturated rings.